The lowest BCUT2D eigenvalue weighted by Crippen LogP contribution is -3.10. The summed E-state index contributed by atoms with van der Waals surface area (Å²) in [7, 11) is 2.15. The molecule has 0 saturated carbocycles. The molecule has 0 bridgehead atoms. The van der Waals surface area contributed by atoms with Crippen LogP contribution in [0.1, 0.15) is 30.0 Å². The molecule has 2 nitrogen and oxygen atoms in total. The standard InChI is InChI=1S/C21H25NOS/c1-16(23)14-22(2)13-7-11-19-18-9-4-3-8-17(18)15-24-21-12-6-5-10-20(19)21/h3-6,8-12,16,23H,7,13-15H2,1-2H3/p+1/b19-11-/t16-/m0/s1. The number of hydrogen-bond donors (Lipinski definition) is 2. The van der Waals surface area contributed by atoms with Gasteiger partial charge in [-0.2, -0.15) is 0 Å². The van der Waals surface area contributed by atoms with E-state index in [0.29, 0.717) is 0 Å². The van der Waals surface area contributed by atoms with E-state index in [4.69, 9.17) is 0 Å². The Hall–Kier alpha value is -1.55. The van der Waals surface area contributed by atoms with E-state index >= 15 is 0 Å². The summed E-state index contributed by atoms with van der Waals surface area (Å²) in [5.41, 5.74) is 5.48. The average molecular weight is 341 g/mol. The predicted molar refractivity (Wildman–Crippen MR) is 102 cm³/mol. The molecule has 1 aliphatic rings. The van der Waals surface area contributed by atoms with Crippen LogP contribution in [-0.4, -0.2) is 31.3 Å². The third-order valence-electron chi connectivity index (χ3n) is 4.43. The Morgan fingerprint density at radius 2 is 1.83 bits per heavy atom. The molecule has 0 amide bonds. The van der Waals surface area contributed by atoms with Crippen LogP contribution in [0.3, 0.4) is 0 Å². The molecule has 1 aliphatic heterocycles. The number of quaternary nitrogens is 1. The van der Waals surface area contributed by atoms with Crippen molar-refractivity contribution in [3.63, 3.8) is 0 Å². The van der Waals surface area contributed by atoms with Crippen LogP contribution in [0.2, 0.25) is 0 Å². The fourth-order valence-corrected chi connectivity index (χ4v) is 4.38. The summed E-state index contributed by atoms with van der Waals surface area (Å²) in [6.45, 7) is 3.69. The number of fused-ring (bicyclic) bond motifs is 2. The maximum atomic E-state index is 9.53. The topological polar surface area (TPSA) is 24.7 Å². The van der Waals surface area contributed by atoms with Gasteiger partial charge in [0.2, 0.25) is 0 Å². The quantitative estimate of drug-likeness (QED) is 0.874. The lowest BCUT2D eigenvalue weighted by atomic mass is 9.93. The molecule has 0 fully saturated rings. The van der Waals surface area contributed by atoms with Crippen molar-refractivity contribution in [2.75, 3.05) is 20.1 Å². The van der Waals surface area contributed by atoms with Crippen molar-refractivity contribution < 1.29 is 10.0 Å². The Balaban J connectivity index is 1.89. The molecule has 1 heterocycles. The Labute approximate surface area is 149 Å². The van der Waals surface area contributed by atoms with Crippen LogP contribution in [0.15, 0.2) is 59.5 Å². The Morgan fingerprint density at radius 3 is 2.62 bits per heavy atom. The highest BCUT2D eigenvalue weighted by Gasteiger charge is 2.17. The molecule has 3 heteroatoms. The van der Waals surface area contributed by atoms with Crippen LogP contribution in [0, 0.1) is 0 Å². The van der Waals surface area contributed by atoms with Gasteiger partial charge in [0, 0.05) is 17.1 Å². The first-order valence-electron chi connectivity index (χ1n) is 8.65. The number of likely N-dealkylation sites (N-methyl/N-ethyl adjacent to an activating group) is 1. The summed E-state index contributed by atoms with van der Waals surface area (Å²) in [5.74, 6) is 1.03. The predicted octanol–water partition coefficient (Wildman–Crippen LogP) is 3.01. The van der Waals surface area contributed by atoms with Crippen molar-refractivity contribution in [1.29, 1.82) is 0 Å². The summed E-state index contributed by atoms with van der Waals surface area (Å²) < 4.78 is 0. The summed E-state index contributed by atoms with van der Waals surface area (Å²) >= 11 is 1.93. The number of nitrogens with one attached hydrogen (secondary N) is 1. The minimum Gasteiger partial charge on any atom is -0.388 e. The monoisotopic (exact) mass is 340 g/mol. The highest BCUT2D eigenvalue weighted by Crippen LogP contribution is 2.39. The molecule has 2 N–H and O–H groups in total. The molecule has 0 radical (unpaired) electrons. The van der Waals surface area contributed by atoms with Gasteiger partial charge in [0.15, 0.2) is 0 Å². The molecular formula is C21H26NOS+. The summed E-state index contributed by atoms with van der Waals surface area (Å²) in [4.78, 5) is 2.73. The molecule has 2 aromatic rings. The number of rotatable bonds is 5. The second-order valence-electron chi connectivity index (χ2n) is 6.61. The van der Waals surface area contributed by atoms with Gasteiger partial charge in [-0.3, -0.25) is 0 Å². The smallest absolute Gasteiger partial charge is 0.103 e. The van der Waals surface area contributed by atoms with E-state index in [0.717, 1.165) is 25.3 Å². The third kappa shape index (κ3) is 4.10. The van der Waals surface area contributed by atoms with Crippen LogP contribution in [0.5, 0.6) is 0 Å². The zero-order valence-corrected chi connectivity index (χ0v) is 15.3. The minimum atomic E-state index is -0.242. The maximum Gasteiger partial charge on any atom is 0.103 e. The molecule has 2 aromatic carbocycles. The number of aliphatic hydroxyl groups excluding tert-OH is 1. The van der Waals surface area contributed by atoms with Gasteiger partial charge in [-0.25, -0.2) is 0 Å². The van der Waals surface area contributed by atoms with Gasteiger partial charge in [0.05, 0.1) is 13.6 Å². The van der Waals surface area contributed by atoms with E-state index in [9.17, 15) is 5.11 Å². The second kappa shape index (κ2) is 8.02. The highest BCUT2D eigenvalue weighted by molar-refractivity contribution is 7.98. The van der Waals surface area contributed by atoms with Crippen molar-refractivity contribution in [3.8, 4) is 0 Å². The number of thioether (sulfide) groups is 1. The SMILES string of the molecule is C[C@H](O)C[NH+](C)CC/C=C1/c2ccccc2CSc2ccccc21. The fourth-order valence-electron chi connectivity index (χ4n) is 3.31. The average Bonchev–Trinajstić information content (AvgIpc) is 2.72. The number of aliphatic hydroxyl groups is 1. The zero-order valence-electron chi connectivity index (χ0n) is 14.5. The van der Waals surface area contributed by atoms with Gasteiger partial charge < -0.3 is 10.0 Å². The zero-order chi connectivity index (χ0) is 16.9. The first kappa shape index (κ1) is 17.3. The van der Waals surface area contributed by atoms with Crippen LogP contribution in [0.25, 0.3) is 5.57 Å². The van der Waals surface area contributed by atoms with E-state index < -0.39 is 0 Å². The van der Waals surface area contributed by atoms with Crippen molar-refractivity contribution in [3.05, 3.63) is 71.3 Å². The van der Waals surface area contributed by atoms with E-state index in [1.54, 1.807) is 0 Å². The van der Waals surface area contributed by atoms with Crippen LogP contribution >= 0.6 is 11.8 Å². The number of hydrogen-bond acceptors (Lipinski definition) is 2. The summed E-state index contributed by atoms with van der Waals surface area (Å²) in [6, 6.07) is 17.5. The molecular weight excluding hydrogens is 314 g/mol. The molecule has 3 rings (SSSR count). The Kier molecular flexibility index (Phi) is 5.77. The van der Waals surface area contributed by atoms with Crippen LogP contribution < -0.4 is 4.90 Å². The first-order valence-corrected chi connectivity index (χ1v) is 9.63. The molecule has 24 heavy (non-hydrogen) atoms. The van der Waals surface area contributed by atoms with E-state index in [1.165, 1.54) is 32.1 Å². The fraction of sp³-hybridized carbons (Fsp3) is 0.333. The van der Waals surface area contributed by atoms with E-state index in [2.05, 4.69) is 61.7 Å². The van der Waals surface area contributed by atoms with Gasteiger partial charge in [0.1, 0.15) is 12.6 Å². The van der Waals surface area contributed by atoms with Gasteiger partial charge >= 0.3 is 0 Å². The van der Waals surface area contributed by atoms with Gasteiger partial charge in [-0.15, -0.1) is 11.8 Å². The van der Waals surface area contributed by atoms with Gasteiger partial charge in [-0.05, 0) is 35.3 Å². The normalized spacial score (nSPS) is 17.7. The molecule has 0 aliphatic carbocycles. The van der Waals surface area contributed by atoms with Crippen molar-refractivity contribution in [2.24, 2.45) is 0 Å². The van der Waals surface area contributed by atoms with Gasteiger partial charge in [0.25, 0.3) is 0 Å². The molecule has 126 valence electrons. The minimum absolute atomic E-state index is 0.242. The van der Waals surface area contributed by atoms with Crippen LogP contribution in [0.4, 0.5) is 0 Å². The van der Waals surface area contributed by atoms with E-state index in [1.807, 2.05) is 18.7 Å². The van der Waals surface area contributed by atoms with Crippen LogP contribution in [-0.2, 0) is 5.75 Å². The van der Waals surface area contributed by atoms with Crippen molar-refractivity contribution in [2.45, 2.75) is 30.1 Å². The van der Waals surface area contributed by atoms with Crippen molar-refractivity contribution in [1.82, 2.24) is 0 Å². The lowest BCUT2D eigenvalue weighted by Gasteiger charge is -2.15. The molecule has 0 aromatic heterocycles. The third-order valence-corrected chi connectivity index (χ3v) is 5.55. The molecule has 2 atom stereocenters. The Bertz CT molecular complexity index is 674. The first-order chi connectivity index (χ1) is 11.6. The highest BCUT2D eigenvalue weighted by atomic mass is 32.2. The number of benzene rings is 2. The van der Waals surface area contributed by atoms with Crippen molar-refractivity contribution >= 4 is 17.3 Å². The molecule has 0 spiro atoms. The largest absolute Gasteiger partial charge is 0.388 e. The second-order valence-corrected chi connectivity index (χ2v) is 7.63. The molecule has 1 unspecified atom stereocenters. The Morgan fingerprint density at radius 1 is 1.12 bits per heavy atom. The summed E-state index contributed by atoms with van der Waals surface area (Å²) in [5, 5.41) is 9.53. The molecule has 0 saturated heterocycles. The lowest BCUT2D eigenvalue weighted by molar-refractivity contribution is -0.882. The van der Waals surface area contributed by atoms with Gasteiger partial charge in [-0.1, -0.05) is 48.5 Å². The summed E-state index contributed by atoms with van der Waals surface area (Å²) in [6.07, 6.45) is 3.16. The maximum absolute atomic E-state index is 9.53. The van der Waals surface area contributed by atoms with E-state index in [-0.39, 0.29) is 6.10 Å².